The van der Waals surface area contributed by atoms with Gasteiger partial charge in [0.15, 0.2) is 9.84 Å². The summed E-state index contributed by atoms with van der Waals surface area (Å²) in [5.74, 6) is -0.0354. The van der Waals surface area contributed by atoms with Crippen molar-refractivity contribution < 1.29 is 13.2 Å². The van der Waals surface area contributed by atoms with Crippen LogP contribution in [0.2, 0.25) is 0 Å². The van der Waals surface area contributed by atoms with Gasteiger partial charge in [-0.25, -0.2) is 8.42 Å². The summed E-state index contributed by atoms with van der Waals surface area (Å²) in [5, 5.41) is 5.38. The molecule has 0 aromatic heterocycles. The molecule has 116 valence electrons. The van der Waals surface area contributed by atoms with Gasteiger partial charge in [-0.2, -0.15) is 0 Å². The maximum atomic E-state index is 12.0. The van der Waals surface area contributed by atoms with Crippen LogP contribution in [0.1, 0.15) is 37.9 Å². The number of benzene rings is 1. The second-order valence-corrected chi connectivity index (χ2v) is 8.59. The van der Waals surface area contributed by atoms with Crippen LogP contribution in [0.4, 0.5) is 5.69 Å². The number of sulfone groups is 1. The zero-order chi connectivity index (χ0) is 16.0. The summed E-state index contributed by atoms with van der Waals surface area (Å²) in [4.78, 5) is 12.0. The fourth-order valence-corrected chi connectivity index (χ4v) is 3.49. The Bertz CT molecular complexity index is 680. The lowest BCUT2D eigenvalue weighted by atomic mass is 9.84. The zero-order valence-electron chi connectivity index (χ0n) is 13.0. The standard InChI is InChI=1S/C15H22N2O3S/c1-9(21(5,19)20)13(16-4)10-6-7-12-11(8-10)15(2,3)14(18)17-12/h6-9,13,16H,1-5H3,(H,17,18). The largest absolute Gasteiger partial charge is 0.325 e. The van der Waals surface area contributed by atoms with Crippen LogP contribution >= 0.6 is 0 Å². The van der Waals surface area contributed by atoms with Gasteiger partial charge in [-0.3, -0.25) is 4.79 Å². The summed E-state index contributed by atoms with van der Waals surface area (Å²) in [6.07, 6.45) is 1.24. The summed E-state index contributed by atoms with van der Waals surface area (Å²) in [5.41, 5.74) is 1.98. The van der Waals surface area contributed by atoms with E-state index in [9.17, 15) is 13.2 Å². The molecule has 0 spiro atoms. The van der Waals surface area contributed by atoms with E-state index in [2.05, 4.69) is 10.6 Å². The highest BCUT2D eigenvalue weighted by atomic mass is 32.2. The Balaban J connectivity index is 2.48. The van der Waals surface area contributed by atoms with Crippen molar-refractivity contribution in [2.24, 2.45) is 0 Å². The first kappa shape index (κ1) is 16.0. The third kappa shape index (κ3) is 2.70. The molecule has 2 unspecified atom stereocenters. The third-order valence-corrected chi connectivity index (χ3v) is 5.97. The normalized spacial score (nSPS) is 19.8. The van der Waals surface area contributed by atoms with E-state index in [1.54, 1.807) is 14.0 Å². The highest BCUT2D eigenvalue weighted by molar-refractivity contribution is 7.91. The second-order valence-electron chi connectivity index (χ2n) is 6.19. The number of fused-ring (bicyclic) bond motifs is 1. The molecule has 0 aliphatic carbocycles. The average Bonchev–Trinajstić information content (AvgIpc) is 2.60. The molecule has 1 aliphatic heterocycles. The number of hydrogen-bond acceptors (Lipinski definition) is 4. The Morgan fingerprint density at radius 1 is 1.29 bits per heavy atom. The topological polar surface area (TPSA) is 75.3 Å². The second kappa shape index (κ2) is 5.10. The number of amides is 1. The molecule has 21 heavy (non-hydrogen) atoms. The van der Waals surface area contributed by atoms with Crippen molar-refractivity contribution in [1.82, 2.24) is 5.32 Å². The van der Waals surface area contributed by atoms with Crippen molar-refractivity contribution in [2.45, 2.75) is 37.5 Å². The molecule has 2 N–H and O–H groups in total. The number of nitrogens with one attached hydrogen (secondary N) is 2. The van der Waals surface area contributed by atoms with E-state index in [1.807, 2.05) is 32.0 Å². The first-order valence-corrected chi connectivity index (χ1v) is 8.86. The number of rotatable bonds is 4. The molecular weight excluding hydrogens is 288 g/mol. The van der Waals surface area contributed by atoms with E-state index < -0.39 is 20.5 Å². The van der Waals surface area contributed by atoms with Gasteiger partial charge >= 0.3 is 0 Å². The van der Waals surface area contributed by atoms with Gasteiger partial charge in [0, 0.05) is 18.0 Å². The van der Waals surface area contributed by atoms with E-state index >= 15 is 0 Å². The molecule has 1 amide bonds. The molecule has 2 rings (SSSR count). The fraction of sp³-hybridized carbons (Fsp3) is 0.533. The summed E-state index contributed by atoms with van der Waals surface area (Å²) in [6, 6.07) is 5.33. The highest BCUT2D eigenvalue weighted by Gasteiger charge is 2.39. The van der Waals surface area contributed by atoms with Gasteiger partial charge < -0.3 is 10.6 Å². The zero-order valence-corrected chi connectivity index (χ0v) is 13.8. The molecular formula is C15H22N2O3S. The van der Waals surface area contributed by atoms with Crippen LogP contribution in [0.15, 0.2) is 18.2 Å². The minimum atomic E-state index is -3.16. The van der Waals surface area contributed by atoms with Crippen molar-refractivity contribution in [2.75, 3.05) is 18.6 Å². The van der Waals surface area contributed by atoms with Crippen LogP contribution in [-0.4, -0.2) is 32.9 Å². The number of hydrogen-bond donors (Lipinski definition) is 2. The van der Waals surface area contributed by atoms with E-state index in [4.69, 9.17) is 0 Å². The minimum absolute atomic E-state index is 0.0354. The Hall–Kier alpha value is -1.40. The molecule has 0 radical (unpaired) electrons. The molecule has 1 aromatic rings. The van der Waals surface area contributed by atoms with Crippen molar-refractivity contribution in [1.29, 1.82) is 0 Å². The third-order valence-electron chi connectivity index (χ3n) is 4.35. The van der Waals surface area contributed by atoms with Crippen LogP contribution in [0.3, 0.4) is 0 Å². The van der Waals surface area contributed by atoms with Crippen molar-refractivity contribution in [3.63, 3.8) is 0 Å². The molecule has 1 aliphatic rings. The fourth-order valence-electron chi connectivity index (χ4n) is 2.70. The van der Waals surface area contributed by atoms with E-state index in [0.29, 0.717) is 0 Å². The lowest BCUT2D eigenvalue weighted by Gasteiger charge is -2.24. The maximum absolute atomic E-state index is 12.0. The molecule has 0 bridgehead atoms. The van der Waals surface area contributed by atoms with Crippen LogP contribution in [0.5, 0.6) is 0 Å². The van der Waals surface area contributed by atoms with Crippen LogP contribution in [0.25, 0.3) is 0 Å². The Labute approximate surface area is 126 Å². The van der Waals surface area contributed by atoms with Crippen molar-refractivity contribution >= 4 is 21.4 Å². The minimum Gasteiger partial charge on any atom is -0.325 e. The van der Waals surface area contributed by atoms with Crippen molar-refractivity contribution in [3.8, 4) is 0 Å². The number of anilines is 1. The van der Waals surface area contributed by atoms with Crippen LogP contribution in [-0.2, 0) is 20.0 Å². The molecule has 1 aromatic carbocycles. The summed E-state index contributed by atoms with van der Waals surface area (Å²) in [6.45, 7) is 5.43. The summed E-state index contributed by atoms with van der Waals surface area (Å²) < 4.78 is 23.6. The van der Waals surface area contributed by atoms with E-state index in [0.717, 1.165) is 16.8 Å². The number of carbonyl (C=O) groups excluding carboxylic acids is 1. The van der Waals surface area contributed by atoms with E-state index in [-0.39, 0.29) is 11.9 Å². The molecule has 6 heteroatoms. The number of carbonyl (C=O) groups is 1. The molecule has 2 atom stereocenters. The van der Waals surface area contributed by atoms with Gasteiger partial charge in [0.1, 0.15) is 0 Å². The Kier molecular flexibility index (Phi) is 3.88. The van der Waals surface area contributed by atoms with E-state index in [1.165, 1.54) is 6.26 Å². The molecule has 1 heterocycles. The maximum Gasteiger partial charge on any atom is 0.234 e. The Morgan fingerprint density at radius 3 is 2.43 bits per heavy atom. The molecule has 0 saturated carbocycles. The van der Waals surface area contributed by atoms with Gasteiger partial charge in [0.05, 0.1) is 10.7 Å². The lowest BCUT2D eigenvalue weighted by Crippen LogP contribution is -2.33. The van der Waals surface area contributed by atoms with Crippen LogP contribution < -0.4 is 10.6 Å². The summed E-state index contributed by atoms with van der Waals surface area (Å²) in [7, 11) is -1.42. The van der Waals surface area contributed by atoms with Gasteiger partial charge in [0.2, 0.25) is 5.91 Å². The average molecular weight is 310 g/mol. The highest BCUT2D eigenvalue weighted by Crippen LogP contribution is 2.39. The first-order valence-electron chi connectivity index (χ1n) is 6.91. The first-order chi connectivity index (χ1) is 9.59. The molecule has 0 saturated heterocycles. The molecule has 5 nitrogen and oxygen atoms in total. The monoisotopic (exact) mass is 310 g/mol. The van der Waals surface area contributed by atoms with Gasteiger partial charge in [0.25, 0.3) is 0 Å². The smallest absolute Gasteiger partial charge is 0.234 e. The van der Waals surface area contributed by atoms with Gasteiger partial charge in [-0.1, -0.05) is 12.1 Å². The summed E-state index contributed by atoms with van der Waals surface area (Å²) >= 11 is 0. The van der Waals surface area contributed by atoms with Crippen LogP contribution in [0, 0.1) is 0 Å². The quantitative estimate of drug-likeness (QED) is 0.886. The van der Waals surface area contributed by atoms with Crippen molar-refractivity contribution in [3.05, 3.63) is 29.3 Å². The Morgan fingerprint density at radius 2 is 1.90 bits per heavy atom. The predicted molar refractivity (Wildman–Crippen MR) is 84.2 cm³/mol. The van der Waals surface area contributed by atoms with Gasteiger partial charge in [-0.05, 0) is 45.0 Å². The molecule has 0 fully saturated rings. The SMILES string of the molecule is CNC(c1ccc2c(c1)C(C)(C)C(=O)N2)C(C)S(C)(=O)=O. The lowest BCUT2D eigenvalue weighted by molar-refractivity contribution is -0.119. The predicted octanol–water partition coefficient (Wildman–Crippen LogP) is 1.61. The van der Waals surface area contributed by atoms with Gasteiger partial charge in [-0.15, -0.1) is 0 Å².